The summed E-state index contributed by atoms with van der Waals surface area (Å²) in [6.07, 6.45) is 15.1. The fourth-order valence-corrected chi connectivity index (χ4v) is 6.33. The molecule has 0 unspecified atom stereocenters. The molecule has 11 N–H and O–H groups in total. The Balaban J connectivity index is 0.000000147. The quantitative estimate of drug-likeness (QED) is 0.0653. The van der Waals surface area contributed by atoms with Crippen LogP contribution in [0.2, 0.25) is 0 Å². The molecule has 0 aromatic carbocycles. The second-order valence-electron chi connectivity index (χ2n) is 14.2. The van der Waals surface area contributed by atoms with E-state index in [0.29, 0.717) is 119 Å². The molecule has 0 aliphatic rings. The molecule has 0 fully saturated rings. The molecule has 10 rings (SSSR count). The van der Waals surface area contributed by atoms with Gasteiger partial charge in [0.15, 0.2) is 57.3 Å². The summed E-state index contributed by atoms with van der Waals surface area (Å²) in [4.78, 5) is 81.5. The lowest BCUT2D eigenvalue weighted by atomic mass is 10.4. The number of nitrogens with zero attached hydrogens (tertiary/aromatic N) is 21. The number of hydrogen-bond acceptors (Lipinski definition) is 27. The SMILES string of the molecule is CCOCCn1cnc2ncnc(N)c21.COC(=O)Cn1cnc2c(N)ncnc21.COC(=O)Cn1cnc2ncnc(N)c21.N#CCCn1cnc2c(N)ncnc21.Nc1ncnc2ncn(CCO)c12. The maximum Gasteiger partial charge on any atom is 0.325 e. The van der Waals surface area contributed by atoms with Gasteiger partial charge in [0.05, 0.1) is 71.6 Å². The van der Waals surface area contributed by atoms with Crippen molar-refractivity contribution >= 4 is 96.8 Å². The highest BCUT2D eigenvalue weighted by Crippen LogP contribution is 2.18. The maximum absolute atomic E-state index is 11.1. The molecule has 0 amide bonds. The number of anilines is 5. The summed E-state index contributed by atoms with van der Waals surface area (Å²) in [6, 6.07) is 2.06. The lowest BCUT2D eigenvalue weighted by molar-refractivity contribution is -0.142. The van der Waals surface area contributed by atoms with Crippen LogP contribution >= 0.6 is 0 Å². The average molecular weight is 989 g/mol. The topological polar surface area (TPSA) is 454 Å². The molecule has 0 aliphatic carbocycles. The molecular formula is C40H48N26O6. The summed E-state index contributed by atoms with van der Waals surface area (Å²) in [5.41, 5.74) is 34.2. The van der Waals surface area contributed by atoms with E-state index in [-0.39, 0.29) is 31.6 Å². The van der Waals surface area contributed by atoms with E-state index in [0.717, 1.165) is 5.52 Å². The van der Waals surface area contributed by atoms with Crippen LogP contribution in [0.4, 0.5) is 29.1 Å². The van der Waals surface area contributed by atoms with Crippen molar-refractivity contribution in [1.82, 2.24) is 97.6 Å². The van der Waals surface area contributed by atoms with Gasteiger partial charge in [-0.25, -0.2) is 74.8 Å². The number of aromatic nitrogens is 20. The molecule has 72 heavy (non-hydrogen) atoms. The number of hydrogen-bond donors (Lipinski definition) is 6. The van der Waals surface area contributed by atoms with Crippen LogP contribution in [0.25, 0.3) is 55.8 Å². The van der Waals surface area contributed by atoms with Crippen molar-refractivity contribution in [2.75, 3.05) is 62.7 Å². The first-order chi connectivity index (χ1) is 34.9. The van der Waals surface area contributed by atoms with Gasteiger partial charge < -0.3 is 70.8 Å². The highest BCUT2D eigenvalue weighted by molar-refractivity contribution is 5.85. The van der Waals surface area contributed by atoms with E-state index in [2.05, 4.69) is 90.3 Å². The highest BCUT2D eigenvalue weighted by Gasteiger charge is 2.13. The molecule has 10 heterocycles. The lowest BCUT2D eigenvalue weighted by Crippen LogP contribution is -2.11. The minimum absolute atomic E-state index is 0.0415. The molecular weight excluding hydrogens is 941 g/mol. The van der Waals surface area contributed by atoms with E-state index < -0.39 is 0 Å². The third-order valence-corrected chi connectivity index (χ3v) is 9.71. The van der Waals surface area contributed by atoms with Gasteiger partial charge in [0, 0.05) is 26.2 Å². The van der Waals surface area contributed by atoms with Crippen LogP contribution in [0.5, 0.6) is 0 Å². The normalized spacial score (nSPS) is 10.6. The third kappa shape index (κ3) is 12.6. The number of imidazole rings is 5. The zero-order valence-corrected chi connectivity index (χ0v) is 38.9. The second kappa shape index (κ2) is 24.9. The Morgan fingerprint density at radius 1 is 0.528 bits per heavy atom. The number of aliphatic hydroxyl groups excluding tert-OH is 1. The van der Waals surface area contributed by atoms with Gasteiger partial charge in [-0.3, -0.25) is 9.59 Å². The van der Waals surface area contributed by atoms with Crippen molar-refractivity contribution in [3.8, 4) is 6.07 Å². The molecule has 0 spiro atoms. The lowest BCUT2D eigenvalue weighted by Gasteiger charge is -2.04. The molecule has 10 aromatic heterocycles. The van der Waals surface area contributed by atoms with Crippen LogP contribution in [0.15, 0.2) is 63.3 Å². The predicted octanol–water partition coefficient (Wildman–Crippen LogP) is -0.669. The molecule has 0 saturated heterocycles. The molecule has 0 atom stereocenters. The Kier molecular flexibility index (Phi) is 17.8. The number of aliphatic hydroxyl groups is 1. The number of fused-ring (bicyclic) bond motifs is 5. The largest absolute Gasteiger partial charge is 0.468 e. The van der Waals surface area contributed by atoms with E-state index >= 15 is 0 Å². The Bertz CT molecular complexity index is 3430. The summed E-state index contributed by atoms with van der Waals surface area (Å²) in [6.45, 7) is 5.19. The molecule has 10 aromatic rings. The number of esters is 2. The maximum atomic E-state index is 11.1. The summed E-state index contributed by atoms with van der Waals surface area (Å²) < 4.78 is 22.9. The molecule has 32 nitrogen and oxygen atoms in total. The van der Waals surface area contributed by atoms with E-state index in [1.165, 1.54) is 58.5 Å². The first-order valence-electron chi connectivity index (χ1n) is 21.2. The summed E-state index contributed by atoms with van der Waals surface area (Å²) in [7, 11) is 2.64. The molecule has 0 radical (unpaired) electrons. The Hall–Kier alpha value is -9.90. The van der Waals surface area contributed by atoms with Crippen molar-refractivity contribution in [2.24, 2.45) is 0 Å². The van der Waals surface area contributed by atoms with Crippen LogP contribution < -0.4 is 28.7 Å². The molecule has 32 heteroatoms. The van der Waals surface area contributed by atoms with Crippen LogP contribution in [0, 0.1) is 11.3 Å². The van der Waals surface area contributed by atoms with Crippen molar-refractivity contribution in [3.63, 3.8) is 0 Å². The highest BCUT2D eigenvalue weighted by atomic mass is 16.5. The monoisotopic (exact) mass is 988 g/mol. The zero-order chi connectivity index (χ0) is 51.6. The van der Waals surface area contributed by atoms with E-state index in [1.54, 1.807) is 37.3 Å². The number of carbonyl (C=O) groups excluding carboxylic acids is 2. The minimum Gasteiger partial charge on any atom is -0.468 e. The second-order valence-corrected chi connectivity index (χ2v) is 14.2. The van der Waals surface area contributed by atoms with E-state index in [9.17, 15) is 9.59 Å². The van der Waals surface area contributed by atoms with Gasteiger partial charge in [-0.05, 0) is 6.92 Å². The third-order valence-electron chi connectivity index (χ3n) is 9.71. The number of carbonyl (C=O) groups is 2. The average Bonchev–Trinajstić information content (AvgIpc) is 4.25. The smallest absolute Gasteiger partial charge is 0.325 e. The Morgan fingerprint density at radius 3 is 1.40 bits per heavy atom. The summed E-state index contributed by atoms with van der Waals surface area (Å²) >= 11 is 0. The minimum atomic E-state index is -0.377. The van der Waals surface area contributed by atoms with Crippen molar-refractivity contribution in [1.29, 1.82) is 5.26 Å². The van der Waals surface area contributed by atoms with Gasteiger partial charge >= 0.3 is 11.9 Å². The van der Waals surface area contributed by atoms with Crippen molar-refractivity contribution in [2.45, 2.75) is 46.1 Å². The van der Waals surface area contributed by atoms with Gasteiger partial charge in [0.2, 0.25) is 0 Å². The summed E-state index contributed by atoms with van der Waals surface area (Å²) in [5.74, 6) is 1.05. The molecule has 0 saturated carbocycles. The number of nitrogen functional groups attached to an aromatic ring is 5. The number of ether oxygens (including phenoxy) is 3. The number of nitrogens with two attached hydrogens (primary N) is 5. The Morgan fingerprint density at radius 2 is 0.931 bits per heavy atom. The predicted molar refractivity (Wildman–Crippen MR) is 257 cm³/mol. The van der Waals surface area contributed by atoms with Crippen LogP contribution in [-0.2, 0) is 56.5 Å². The number of aryl methyl sites for hydroxylation is 1. The standard InChI is InChI=1S/C9H13N5O.C8H8N6.2C8H9N5O2.C7H9N5O/c1-2-15-4-3-14-6-13-9-7(14)8(10)11-5-12-9;9-2-1-3-14-5-13-6-7(10)11-4-12-8(6)14;1-15-5(14)2-13-4-12-8-6(13)7(9)10-3-11-8;1-15-5(14)2-13-4-12-6-7(9)10-3-11-8(6)13;8-6-5-7(10-3-9-6)11-4-12(5)1-2-13/h5-6H,2-4H2,1H3,(H2,10,11,12);4-5H,1,3H2,(H2,10,11,12);2*3-4H,2H2,1H3,(H2,9,10,11);3-4,13H,1-2H2,(H2,8,9,10). The van der Waals surface area contributed by atoms with Crippen molar-refractivity contribution in [3.05, 3.63) is 63.3 Å². The van der Waals surface area contributed by atoms with Gasteiger partial charge in [-0.2, -0.15) is 5.26 Å². The van der Waals surface area contributed by atoms with Gasteiger partial charge in [0.25, 0.3) is 0 Å². The molecule has 374 valence electrons. The fourth-order valence-electron chi connectivity index (χ4n) is 6.33. The Labute approximate surface area is 406 Å². The van der Waals surface area contributed by atoms with Crippen LogP contribution in [0.3, 0.4) is 0 Å². The van der Waals surface area contributed by atoms with Crippen molar-refractivity contribution < 1.29 is 28.9 Å². The van der Waals surface area contributed by atoms with Gasteiger partial charge in [0.1, 0.15) is 72.3 Å². The first-order valence-corrected chi connectivity index (χ1v) is 21.2. The zero-order valence-electron chi connectivity index (χ0n) is 38.9. The fraction of sp³-hybridized carbons (Fsp3) is 0.300. The number of nitriles is 1. The van der Waals surface area contributed by atoms with Crippen LogP contribution in [0.1, 0.15) is 13.3 Å². The first kappa shape index (κ1) is 51.5. The van der Waals surface area contributed by atoms with E-state index in [1.807, 2.05) is 11.5 Å². The number of methoxy groups -OCH3 is 2. The molecule has 0 bridgehead atoms. The van der Waals surface area contributed by atoms with Crippen LogP contribution in [-0.4, -0.2) is 149 Å². The summed E-state index contributed by atoms with van der Waals surface area (Å²) in [5, 5.41) is 17.2. The molecule has 0 aliphatic heterocycles. The van der Waals surface area contributed by atoms with Gasteiger partial charge in [-0.1, -0.05) is 0 Å². The van der Waals surface area contributed by atoms with E-state index in [4.69, 9.17) is 43.8 Å². The van der Waals surface area contributed by atoms with Gasteiger partial charge in [-0.15, -0.1) is 0 Å². The number of rotatable bonds is 12.